The molecule has 0 aliphatic carbocycles. The summed E-state index contributed by atoms with van der Waals surface area (Å²) in [4.78, 5) is 32.1. The number of methoxy groups -OCH3 is 1. The summed E-state index contributed by atoms with van der Waals surface area (Å²) in [6, 6.07) is 15.3. The maximum Gasteiger partial charge on any atom is 0.300 e. The van der Waals surface area contributed by atoms with Crippen molar-refractivity contribution < 1.29 is 19.4 Å². The maximum absolute atomic E-state index is 13.3. The van der Waals surface area contributed by atoms with Gasteiger partial charge in [-0.1, -0.05) is 39.0 Å². The van der Waals surface area contributed by atoms with Crippen molar-refractivity contribution in [2.45, 2.75) is 32.2 Å². The van der Waals surface area contributed by atoms with E-state index in [9.17, 15) is 14.7 Å². The molecule has 1 aliphatic rings. The molecular weight excluding hydrogens is 496 g/mol. The number of rotatable bonds is 4. The lowest BCUT2D eigenvalue weighted by atomic mass is 9.87. The number of nitrogens with zero attached hydrogens (tertiary/aromatic N) is 2. The molecule has 0 saturated carbocycles. The normalized spacial score (nSPS) is 17.8. The number of aliphatic hydroxyl groups excluding tert-OH is 1. The summed E-state index contributed by atoms with van der Waals surface area (Å²) in [6.07, 6.45) is 3.22. The van der Waals surface area contributed by atoms with Crippen LogP contribution in [0.25, 0.3) is 5.76 Å². The number of ether oxygens (including phenoxy) is 1. The number of halogens is 1. The molecule has 3 aromatic rings. The summed E-state index contributed by atoms with van der Waals surface area (Å²) < 4.78 is 5.87. The molecule has 34 heavy (non-hydrogen) atoms. The van der Waals surface area contributed by atoms with Crippen LogP contribution >= 0.6 is 15.9 Å². The zero-order valence-electron chi connectivity index (χ0n) is 19.4. The van der Waals surface area contributed by atoms with Crippen molar-refractivity contribution in [2.24, 2.45) is 0 Å². The second-order valence-electron chi connectivity index (χ2n) is 9.10. The highest BCUT2D eigenvalue weighted by atomic mass is 79.9. The van der Waals surface area contributed by atoms with Gasteiger partial charge in [-0.05, 0) is 68.9 Å². The number of Topliss-reactive ketones (excluding diaryl/α,β-unsaturated/α-hetero) is 1. The molecule has 6 nitrogen and oxygen atoms in total. The Morgan fingerprint density at radius 1 is 1.09 bits per heavy atom. The zero-order chi connectivity index (χ0) is 24.6. The Kier molecular flexibility index (Phi) is 6.32. The zero-order valence-corrected chi connectivity index (χ0v) is 21.0. The molecule has 0 radical (unpaired) electrons. The van der Waals surface area contributed by atoms with Crippen LogP contribution in [0.1, 0.15) is 43.5 Å². The summed E-state index contributed by atoms with van der Waals surface area (Å²) in [5.41, 5.74) is 2.64. The molecule has 1 atom stereocenters. The van der Waals surface area contributed by atoms with E-state index in [-0.39, 0.29) is 16.7 Å². The van der Waals surface area contributed by atoms with Crippen LogP contribution < -0.4 is 9.64 Å². The Labute approximate surface area is 207 Å². The van der Waals surface area contributed by atoms with Gasteiger partial charge in [-0.15, -0.1) is 0 Å². The SMILES string of the molecule is COc1ccc(/C(O)=C2/C(=O)C(=O)N(c3ccc(C(C)(C)C)cc3)C2c2cccnc2)cc1Br. The molecule has 7 heteroatoms. The Bertz CT molecular complexity index is 1280. The monoisotopic (exact) mass is 520 g/mol. The lowest BCUT2D eigenvalue weighted by Gasteiger charge is -2.26. The van der Waals surface area contributed by atoms with Gasteiger partial charge in [0.2, 0.25) is 0 Å². The summed E-state index contributed by atoms with van der Waals surface area (Å²) in [7, 11) is 1.54. The Morgan fingerprint density at radius 3 is 2.35 bits per heavy atom. The lowest BCUT2D eigenvalue weighted by Crippen LogP contribution is -2.29. The van der Waals surface area contributed by atoms with E-state index >= 15 is 0 Å². The molecule has 1 aromatic heterocycles. The fraction of sp³-hybridized carbons (Fsp3) is 0.222. The number of pyridine rings is 1. The van der Waals surface area contributed by atoms with Crippen LogP contribution in [0.15, 0.2) is 77.0 Å². The molecule has 1 unspecified atom stereocenters. The average Bonchev–Trinajstić information content (AvgIpc) is 3.09. The van der Waals surface area contributed by atoms with Gasteiger partial charge in [-0.2, -0.15) is 0 Å². The number of hydrogen-bond acceptors (Lipinski definition) is 5. The number of anilines is 1. The van der Waals surface area contributed by atoms with Gasteiger partial charge in [-0.3, -0.25) is 19.5 Å². The number of aromatic nitrogens is 1. The van der Waals surface area contributed by atoms with Gasteiger partial charge in [0, 0.05) is 23.6 Å². The van der Waals surface area contributed by atoms with Crippen LogP contribution in [0.3, 0.4) is 0 Å². The second-order valence-corrected chi connectivity index (χ2v) is 9.96. The Hall–Kier alpha value is -3.45. The highest BCUT2D eigenvalue weighted by Gasteiger charge is 2.47. The van der Waals surface area contributed by atoms with Gasteiger partial charge in [0.25, 0.3) is 11.7 Å². The Balaban J connectivity index is 1.89. The average molecular weight is 521 g/mol. The van der Waals surface area contributed by atoms with Gasteiger partial charge >= 0.3 is 0 Å². The topological polar surface area (TPSA) is 79.7 Å². The number of hydrogen-bond donors (Lipinski definition) is 1. The second kappa shape index (κ2) is 9.06. The predicted octanol–water partition coefficient (Wildman–Crippen LogP) is 5.78. The van der Waals surface area contributed by atoms with Gasteiger partial charge in [0.05, 0.1) is 23.2 Å². The fourth-order valence-electron chi connectivity index (χ4n) is 4.04. The van der Waals surface area contributed by atoms with Crippen LogP contribution in [0.2, 0.25) is 0 Å². The maximum atomic E-state index is 13.3. The van der Waals surface area contributed by atoms with E-state index in [1.807, 2.05) is 24.3 Å². The summed E-state index contributed by atoms with van der Waals surface area (Å²) in [6.45, 7) is 6.32. The van der Waals surface area contributed by atoms with E-state index in [0.29, 0.717) is 27.0 Å². The molecule has 4 rings (SSSR count). The third-order valence-corrected chi connectivity index (χ3v) is 6.50. The van der Waals surface area contributed by atoms with Crippen LogP contribution in [0.4, 0.5) is 5.69 Å². The van der Waals surface area contributed by atoms with Crippen LogP contribution in [0.5, 0.6) is 5.75 Å². The molecule has 2 aromatic carbocycles. The first-order valence-electron chi connectivity index (χ1n) is 10.8. The minimum Gasteiger partial charge on any atom is -0.507 e. The molecule has 1 amide bonds. The molecule has 2 heterocycles. The molecule has 1 aliphatic heterocycles. The van der Waals surface area contributed by atoms with Crippen molar-refractivity contribution in [2.75, 3.05) is 12.0 Å². The third-order valence-electron chi connectivity index (χ3n) is 5.88. The van der Waals surface area contributed by atoms with Gasteiger partial charge in [0.15, 0.2) is 0 Å². The number of aliphatic hydroxyl groups is 1. The number of amides is 1. The molecule has 1 N–H and O–H groups in total. The van der Waals surface area contributed by atoms with Crippen LogP contribution in [-0.4, -0.2) is 28.9 Å². The predicted molar refractivity (Wildman–Crippen MR) is 135 cm³/mol. The fourth-order valence-corrected chi connectivity index (χ4v) is 4.58. The smallest absolute Gasteiger partial charge is 0.300 e. The van der Waals surface area contributed by atoms with Gasteiger partial charge < -0.3 is 9.84 Å². The first kappa shape index (κ1) is 23.7. The van der Waals surface area contributed by atoms with Gasteiger partial charge in [0.1, 0.15) is 11.5 Å². The first-order chi connectivity index (χ1) is 16.1. The first-order valence-corrected chi connectivity index (χ1v) is 11.6. The standard InChI is InChI=1S/C27H25BrN2O4/c1-27(2,3)18-8-10-19(11-9-18)30-23(17-6-5-13-29-15-17)22(25(32)26(30)33)24(31)16-7-12-21(34-4)20(28)14-16/h5-15,23,31H,1-4H3/b24-22-. The minimum absolute atomic E-state index is 0.00923. The highest BCUT2D eigenvalue weighted by Crippen LogP contribution is 2.43. The minimum atomic E-state index is -0.824. The molecule has 0 bridgehead atoms. The number of ketones is 1. The molecule has 1 fully saturated rings. The lowest BCUT2D eigenvalue weighted by molar-refractivity contribution is -0.132. The van der Waals surface area contributed by atoms with Crippen LogP contribution in [0, 0.1) is 0 Å². The number of carbonyl (C=O) groups excluding carboxylic acids is 2. The van der Waals surface area contributed by atoms with Crippen molar-refractivity contribution in [1.29, 1.82) is 0 Å². The summed E-state index contributed by atoms with van der Waals surface area (Å²) >= 11 is 3.41. The van der Waals surface area contributed by atoms with E-state index in [0.717, 1.165) is 5.56 Å². The van der Waals surface area contributed by atoms with Crippen molar-refractivity contribution in [3.8, 4) is 5.75 Å². The summed E-state index contributed by atoms with van der Waals surface area (Å²) in [5, 5.41) is 11.2. The largest absolute Gasteiger partial charge is 0.507 e. The highest BCUT2D eigenvalue weighted by molar-refractivity contribution is 9.10. The van der Waals surface area contributed by atoms with E-state index < -0.39 is 17.7 Å². The number of benzene rings is 2. The molecule has 1 saturated heterocycles. The van der Waals surface area contributed by atoms with Crippen molar-refractivity contribution >= 4 is 39.1 Å². The van der Waals surface area contributed by atoms with E-state index in [4.69, 9.17) is 4.74 Å². The van der Waals surface area contributed by atoms with Gasteiger partial charge in [-0.25, -0.2) is 0 Å². The molecule has 174 valence electrons. The summed E-state index contributed by atoms with van der Waals surface area (Å²) in [5.74, 6) is -1.13. The number of carbonyl (C=O) groups is 2. The van der Waals surface area contributed by atoms with E-state index in [2.05, 4.69) is 41.7 Å². The van der Waals surface area contributed by atoms with Crippen molar-refractivity contribution in [3.05, 3.63) is 93.7 Å². The van der Waals surface area contributed by atoms with E-state index in [1.54, 1.807) is 49.8 Å². The Morgan fingerprint density at radius 2 is 1.79 bits per heavy atom. The third kappa shape index (κ3) is 4.23. The van der Waals surface area contributed by atoms with Crippen molar-refractivity contribution in [3.63, 3.8) is 0 Å². The quantitative estimate of drug-likeness (QED) is 0.268. The van der Waals surface area contributed by atoms with Crippen molar-refractivity contribution in [1.82, 2.24) is 4.98 Å². The van der Waals surface area contributed by atoms with E-state index in [1.165, 1.54) is 4.90 Å². The molecule has 0 spiro atoms. The molecular formula is C27H25BrN2O4. The van der Waals surface area contributed by atoms with Crippen LogP contribution in [-0.2, 0) is 15.0 Å².